The summed E-state index contributed by atoms with van der Waals surface area (Å²) in [6, 6.07) is 12.2. The van der Waals surface area contributed by atoms with Crippen molar-refractivity contribution in [3.05, 3.63) is 64.7 Å². The van der Waals surface area contributed by atoms with Gasteiger partial charge in [0.15, 0.2) is 0 Å². The van der Waals surface area contributed by atoms with E-state index >= 15 is 0 Å². The lowest BCUT2D eigenvalue weighted by molar-refractivity contribution is -0.137. The maximum Gasteiger partial charge on any atom is 0.416 e. The number of halogens is 4. The van der Waals surface area contributed by atoms with Gasteiger partial charge in [-0.15, -0.1) is 0 Å². The Bertz CT molecular complexity index is 805. The summed E-state index contributed by atoms with van der Waals surface area (Å²) in [6.07, 6.45) is -4.39. The van der Waals surface area contributed by atoms with Crippen LogP contribution in [0.25, 0.3) is 0 Å². The fraction of sp³-hybridized carbons (Fsp3) is 0.316. The van der Waals surface area contributed by atoms with Gasteiger partial charge in [0.1, 0.15) is 0 Å². The number of benzene rings is 2. The van der Waals surface area contributed by atoms with Gasteiger partial charge in [0.25, 0.3) is 0 Å². The van der Waals surface area contributed by atoms with E-state index in [4.69, 9.17) is 11.6 Å². The van der Waals surface area contributed by atoms with Crippen LogP contribution in [0.15, 0.2) is 48.5 Å². The Morgan fingerprint density at radius 2 is 1.74 bits per heavy atom. The summed E-state index contributed by atoms with van der Waals surface area (Å²) < 4.78 is 38.3. The van der Waals surface area contributed by atoms with Gasteiger partial charge < -0.3 is 15.1 Å². The van der Waals surface area contributed by atoms with Crippen LogP contribution in [0, 0.1) is 0 Å². The number of carbonyl (C=O) groups excluding carboxylic acids is 1. The highest BCUT2D eigenvalue weighted by atomic mass is 35.5. The molecule has 2 amide bonds. The second-order valence-electron chi connectivity index (χ2n) is 6.28. The molecular formula is C19H19ClF3N3O. The zero-order chi connectivity index (χ0) is 19.4. The summed E-state index contributed by atoms with van der Waals surface area (Å²) in [5, 5.41) is 3.35. The Labute approximate surface area is 160 Å². The molecule has 1 aliphatic rings. The van der Waals surface area contributed by atoms with Gasteiger partial charge in [-0.25, -0.2) is 4.79 Å². The predicted octanol–water partition coefficient (Wildman–Crippen LogP) is 4.39. The minimum Gasteiger partial charge on any atom is -0.367 e. The third kappa shape index (κ3) is 4.86. The first-order chi connectivity index (χ1) is 12.8. The lowest BCUT2D eigenvalue weighted by Gasteiger charge is -2.36. The van der Waals surface area contributed by atoms with Crippen LogP contribution in [0.5, 0.6) is 0 Å². The molecule has 0 spiro atoms. The Balaban J connectivity index is 1.52. The first-order valence-electron chi connectivity index (χ1n) is 8.53. The van der Waals surface area contributed by atoms with Gasteiger partial charge in [-0.3, -0.25) is 0 Å². The number of carbonyl (C=O) groups is 1. The molecular weight excluding hydrogens is 379 g/mol. The lowest BCUT2D eigenvalue weighted by Crippen LogP contribution is -2.51. The average molecular weight is 398 g/mol. The van der Waals surface area contributed by atoms with Gasteiger partial charge in [-0.1, -0.05) is 35.9 Å². The van der Waals surface area contributed by atoms with Crippen LogP contribution in [0.1, 0.15) is 11.1 Å². The second-order valence-corrected chi connectivity index (χ2v) is 6.69. The molecule has 8 heteroatoms. The van der Waals surface area contributed by atoms with Gasteiger partial charge in [0.2, 0.25) is 0 Å². The van der Waals surface area contributed by atoms with Crippen molar-refractivity contribution in [1.29, 1.82) is 0 Å². The van der Waals surface area contributed by atoms with E-state index in [1.807, 2.05) is 24.3 Å². The summed E-state index contributed by atoms with van der Waals surface area (Å²) in [6.45, 7) is 2.36. The van der Waals surface area contributed by atoms with Crippen molar-refractivity contribution in [1.82, 2.24) is 10.2 Å². The summed E-state index contributed by atoms with van der Waals surface area (Å²) in [5.41, 5.74) is 0.624. The number of anilines is 1. The van der Waals surface area contributed by atoms with Crippen LogP contribution in [0.2, 0.25) is 5.02 Å². The minimum atomic E-state index is -4.39. The summed E-state index contributed by atoms with van der Waals surface area (Å²) >= 11 is 6.20. The largest absolute Gasteiger partial charge is 0.416 e. The Kier molecular flexibility index (Phi) is 5.79. The van der Waals surface area contributed by atoms with Crippen LogP contribution in [0.4, 0.5) is 23.7 Å². The lowest BCUT2D eigenvalue weighted by atomic mass is 10.1. The molecule has 0 saturated carbocycles. The maximum absolute atomic E-state index is 12.8. The highest BCUT2D eigenvalue weighted by Crippen LogP contribution is 2.29. The van der Waals surface area contributed by atoms with E-state index < -0.39 is 11.7 Å². The number of para-hydroxylation sites is 1. The van der Waals surface area contributed by atoms with Crippen molar-refractivity contribution < 1.29 is 18.0 Å². The normalized spacial score (nSPS) is 15.0. The van der Waals surface area contributed by atoms with E-state index in [1.54, 1.807) is 11.0 Å². The molecule has 0 bridgehead atoms. The van der Waals surface area contributed by atoms with E-state index in [-0.39, 0.29) is 12.6 Å². The van der Waals surface area contributed by atoms with Crippen LogP contribution >= 0.6 is 11.6 Å². The number of alkyl halides is 3. The van der Waals surface area contributed by atoms with Gasteiger partial charge in [-0.2, -0.15) is 13.2 Å². The van der Waals surface area contributed by atoms with E-state index in [2.05, 4.69) is 10.2 Å². The summed E-state index contributed by atoms with van der Waals surface area (Å²) in [7, 11) is 0. The fourth-order valence-electron chi connectivity index (χ4n) is 3.01. The molecule has 0 unspecified atom stereocenters. The SMILES string of the molecule is O=C(NCc1cccc(C(F)(F)F)c1)N1CCN(c2ccccc2Cl)CC1. The van der Waals surface area contributed by atoms with Crippen LogP contribution in [-0.4, -0.2) is 37.1 Å². The number of urea groups is 1. The Morgan fingerprint density at radius 1 is 1.04 bits per heavy atom. The molecule has 0 aliphatic carbocycles. The van der Waals surface area contributed by atoms with Crippen molar-refractivity contribution in [3.8, 4) is 0 Å². The maximum atomic E-state index is 12.8. The zero-order valence-electron chi connectivity index (χ0n) is 14.5. The van der Waals surface area contributed by atoms with Crippen LogP contribution < -0.4 is 10.2 Å². The first-order valence-corrected chi connectivity index (χ1v) is 8.91. The number of rotatable bonds is 3. The Morgan fingerprint density at radius 3 is 2.41 bits per heavy atom. The van der Waals surface area contributed by atoms with E-state index in [0.717, 1.165) is 17.8 Å². The molecule has 4 nitrogen and oxygen atoms in total. The molecule has 1 saturated heterocycles. The highest BCUT2D eigenvalue weighted by Gasteiger charge is 2.30. The third-order valence-electron chi connectivity index (χ3n) is 4.46. The van der Waals surface area contributed by atoms with Crippen molar-refractivity contribution in [2.75, 3.05) is 31.1 Å². The standard InChI is InChI=1S/C19H19ClF3N3O/c20-16-6-1-2-7-17(16)25-8-10-26(11-9-25)18(27)24-13-14-4-3-5-15(12-14)19(21,22)23/h1-7,12H,8-11,13H2,(H,24,27). The fourth-order valence-corrected chi connectivity index (χ4v) is 3.26. The molecule has 27 heavy (non-hydrogen) atoms. The van der Waals surface area contributed by atoms with Gasteiger partial charge >= 0.3 is 12.2 Å². The van der Waals surface area contributed by atoms with E-state index in [1.165, 1.54) is 6.07 Å². The zero-order valence-corrected chi connectivity index (χ0v) is 15.2. The van der Waals surface area contributed by atoms with Crippen molar-refractivity contribution in [3.63, 3.8) is 0 Å². The van der Waals surface area contributed by atoms with Gasteiger partial charge in [0, 0.05) is 32.7 Å². The molecule has 1 fully saturated rings. The van der Waals surface area contributed by atoms with E-state index in [9.17, 15) is 18.0 Å². The molecule has 1 aliphatic heterocycles. The second kappa shape index (κ2) is 8.08. The number of piperazine rings is 1. The van der Waals surface area contributed by atoms with Crippen LogP contribution in [0.3, 0.4) is 0 Å². The molecule has 1 N–H and O–H groups in total. The number of hydrogen-bond donors (Lipinski definition) is 1. The molecule has 3 rings (SSSR count). The van der Waals surface area contributed by atoms with Crippen molar-refractivity contribution in [2.24, 2.45) is 0 Å². The molecule has 0 atom stereocenters. The first kappa shape index (κ1) is 19.4. The minimum absolute atomic E-state index is 0.0491. The number of nitrogens with zero attached hydrogens (tertiary/aromatic N) is 2. The highest BCUT2D eigenvalue weighted by molar-refractivity contribution is 6.33. The predicted molar refractivity (Wildman–Crippen MR) is 98.9 cm³/mol. The number of nitrogens with one attached hydrogen (secondary N) is 1. The van der Waals surface area contributed by atoms with Crippen molar-refractivity contribution in [2.45, 2.75) is 12.7 Å². The Hall–Kier alpha value is -2.41. The molecule has 0 radical (unpaired) electrons. The van der Waals surface area contributed by atoms with Crippen molar-refractivity contribution >= 4 is 23.3 Å². The molecule has 1 heterocycles. The van der Waals surface area contributed by atoms with Gasteiger partial charge in [-0.05, 0) is 29.8 Å². The van der Waals surface area contributed by atoms with Crippen LogP contribution in [-0.2, 0) is 12.7 Å². The quantitative estimate of drug-likeness (QED) is 0.833. The summed E-state index contributed by atoms with van der Waals surface area (Å²) in [5.74, 6) is 0. The average Bonchev–Trinajstić information content (AvgIpc) is 2.66. The monoisotopic (exact) mass is 397 g/mol. The number of amides is 2. The molecule has 2 aromatic rings. The smallest absolute Gasteiger partial charge is 0.367 e. The third-order valence-corrected chi connectivity index (χ3v) is 4.78. The molecule has 0 aromatic heterocycles. The van der Waals surface area contributed by atoms with Gasteiger partial charge in [0.05, 0.1) is 16.3 Å². The number of hydrogen-bond acceptors (Lipinski definition) is 2. The molecule has 144 valence electrons. The topological polar surface area (TPSA) is 35.6 Å². The van der Waals surface area contributed by atoms with E-state index in [0.29, 0.717) is 36.8 Å². The summed E-state index contributed by atoms with van der Waals surface area (Å²) in [4.78, 5) is 16.1. The molecule has 2 aromatic carbocycles.